The lowest BCUT2D eigenvalue weighted by Crippen LogP contribution is -2.41. The lowest BCUT2D eigenvalue weighted by Gasteiger charge is -2.38. The molecule has 21 heavy (non-hydrogen) atoms. The Balaban J connectivity index is 2.29. The summed E-state index contributed by atoms with van der Waals surface area (Å²) in [5, 5.41) is 0. The zero-order valence-electron chi connectivity index (χ0n) is 12.4. The molecule has 0 saturated carbocycles. The third-order valence-electron chi connectivity index (χ3n) is 4.42. The van der Waals surface area contributed by atoms with Gasteiger partial charge in [0.15, 0.2) is 0 Å². The summed E-state index contributed by atoms with van der Waals surface area (Å²) in [4.78, 5) is 2.13. The van der Waals surface area contributed by atoms with Gasteiger partial charge >= 0.3 is 6.18 Å². The van der Waals surface area contributed by atoms with Crippen LogP contribution in [-0.4, -0.2) is 24.5 Å². The van der Waals surface area contributed by atoms with Crippen molar-refractivity contribution in [2.24, 2.45) is 11.7 Å². The van der Waals surface area contributed by atoms with Crippen LogP contribution in [-0.2, 0) is 6.18 Å². The maximum atomic E-state index is 13.2. The van der Waals surface area contributed by atoms with Gasteiger partial charge in [-0.3, -0.25) is 4.90 Å². The molecule has 0 spiro atoms. The summed E-state index contributed by atoms with van der Waals surface area (Å²) in [6.45, 7) is 4.01. The van der Waals surface area contributed by atoms with Crippen molar-refractivity contribution < 1.29 is 13.2 Å². The van der Waals surface area contributed by atoms with Gasteiger partial charge in [-0.15, -0.1) is 0 Å². The van der Waals surface area contributed by atoms with Crippen LogP contribution in [0.15, 0.2) is 24.3 Å². The lowest BCUT2D eigenvalue weighted by atomic mass is 9.91. The molecule has 2 N–H and O–H groups in total. The summed E-state index contributed by atoms with van der Waals surface area (Å²) >= 11 is 0. The van der Waals surface area contributed by atoms with Gasteiger partial charge in [0.25, 0.3) is 0 Å². The lowest BCUT2D eigenvalue weighted by molar-refractivity contribution is -0.138. The van der Waals surface area contributed by atoms with Crippen LogP contribution in [0, 0.1) is 5.92 Å². The van der Waals surface area contributed by atoms with Crippen LogP contribution < -0.4 is 5.73 Å². The first-order valence-electron chi connectivity index (χ1n) is 7.57. The molecule has 2 rings (SSSR count). The number of halogens is 3. The SMILES string of the molecule is CCC1CCCN(C(CN)c2ccccc2C(F)(F)F)C1. The Bertz CT molecular complexity index is 459. The molecule has 1 saturated heterocycles. The van der Waals surface area contributed by atoms with Gasteiger partial charge in [0.05, 0.1) is 5.56 Å². The molecule has 2 unspecified atom stereocenters. The second-order valence-corrected chi connectivity index (χ2v) is 5.75. The number of nitrogens with zero attached hydrogens (tertiary/aromatic N) is 1. The van der Waals surface area contributed by atoms with Crippen LogP contribution in [0.25, 0.3) is 0 Å². The highest BCUT2D eigenvalue weighted by atomic mass is 19.4. The number of piperidine rings is 1. The minimum absolute atomic E-state index is 0.212. The van der Waals surface area contributed by atoms with Crippen molar-refractivity contribution in [3.63, 3.8) is 0 Å². The first kappa shape index (κ1) is 16.3. The number of hydrogen-bond donors (Lipinski definition) is 1. The van der Waals surface area contributed by atoms with E-state index in [4.69, 9.17) is 5.73 Å². The summed E-state index contributed by atoms with van der Waals surface area (Å²) in [7, 11) is 0. The van der Waals surface area contributed by atoms with Crippen LogP contribution in [0.3, 0.4) is 0 Å². The summed E-state index contributed by atoms with van der Waals surface area (Å²) in [6, 6.07) is 5.46. The highest BCUT2D eigenvalue weighted by Gasteiger charge is 2.36. The molecule has 1 aromatic carbocycles. The highest BCUT2D eigenvalue weighted by molar-refractivity contribution is 5.32. The zero-order valence-corrected chi connectivity index (χ0v) is 12.4. The van der Waals surface area contributed by atoms with Gasteiger partial charge in [0, 0.05) is 19.1 Å². The van der Waals surface area contributed by atoms with Gasteiger partial charge in [-0.1, -0.05) is 31.5 Å². The highest BCUT2D eigenvalue weighted by Crippen LogP contribution is 2.37. The Morgan fingerprint density at radius 1 is 1.33 bits per heavy atom. The summed E-state index contributed by atoms with van der Waals surface area (Å²) < 4.78 is 39.6. The molecular weight excluding hydrogens is 277 g/mol. The normalized spacial score (nSPS) is 22.2. The van der Waals surface area contributed by atoms with E-state index in [-0.39, 0.29) is 12.6 Å². The van der Waals surface area contributed by atoms with E-state index < -0.39 is 11.7 Å². The van der Waals surface area contributed by atoms with Crippen molar-refractivity contribution in [3.8, 4) is 0 Å². The maximum absolute atomic E-state index is 13.2. The quantitative estimate of drug-likeness (QED) is 0.915. The van der Waals surface area contributed by atoms with Crippen LogP contribution in [0.4, 0.5) is 13.2 Å². The number of hydrogen-bond acceptors (Lipinski definition) is 2. The van der Waals surface area contributed by atoms with E-state index in [0.717, 1.165) is 38.4 Å². The molecule has 0 aliphatic carbocycles. The molecular formula is C16H23F3N2. The zero-order chi connectivity index (χ0) is 15.5. The van der Waals surface area contributed by atoms with Gasteiger partial charge in [-0.05, 0) is 36.9 Å². The van der Waals surface area contributed by atoms with E-state index in [1.807, 2.05) is 0 Å². The fraction of sp³-hybridized carbons (Fsp3) is 0.625. The molecule has 118 valence electrons. The largest absolute Gasteiger partial charge is 0.416 e. The summed E-state index contributed by atoms with van der Waals surface area (Å²) in [6.07, 6.45) is -1.08. The molecule has 1 aromatic rings. The van der Waals surface area contributed by atoms with Gasteiger partial charge in [0.1, 0.15) is 0 Å². The molecule has 0 amide bonds. The molecule has 2 nitrogen and oxygen atoms in total. The van der Waals surface area contributed by atoms with Gasteiger partial charge in [-0.2, -0.15) is 13.2 Å². The van der Waals surface area contributed by atoms with E-state index >= 15 is 0 Å². The Morgan fingerprint density at radius 3 is 2.67 bits per heavy atom. The van der Waals surface area contributed by atoms with E-state index in [1.165, 1.54) is 6.07 Å². The molecule has 1 fully saturated rings. The Labute approximate surface area is 124 Å². The Hall–Kier alpha value is -1.07. The number of nitrogens with two attached hydrogens (primary N) is 1. The first-order valence-corrected chi connectivity index (χ1v) is 7.57. The van der Waals surface area contributed by atoms with Crippen molar-refractivity contribution >= 4 is 0 Å². The topological polar surface area (TPSA) is 29.3 Å². The third-order valence-corrected chi connectivity index (χ3v) is 4.42. The fourth-order valence-corrected chi connectivity index (χ4v) is 3.23. The van der Waals surface area contributed by atoms with Crippen molar-refractivity contribution in [3.05, 3.63) is 35.4 Å². The predicted molar refractivity (Wildman–Crippen MR) is 77.8 cm³/mol. The maximum Gasteiger partial charge on any atom is 0.416 e. The Morgan fingerprint density at radius 2 is 2.05 bits per heavy atom. The van der Waals surface area contributed by atoms with Crippen molar-refractivity contribution in [2.75, 3.05) is 19.6 Å². The Kier molecular flexibility index (Phi) is 5.27. The monoisotopic (exact) mass is 300 g/mol. The first-order chi connectivity index (χ1) is 9.97. The number of alkyl halides is 3. The van der Waals surface area contributed by atoms with Crippen LogP contribution >= 0.6 is 0 Å². The molecule has 5 heteroatoms. The van der Waals surface area contributed by atoms with E-state index in [2.05, 4.69) is 11.8 Å². The number of rotatable bonds is 4. The molecule has 0 bridgehead atoms. The smallest absolute Gasteiger partial charge is 0.329 e. The molecule has 1 aliphatic rings. The standard InChI is InChI=1S/C16H23F3N2/c1-2-12-6-5-9-21(11-12)15(10-20)13-7-3-4-8-14(13)16(17,18)19/h3-4,7-8,12,15H,2,5-6,9-11,20H2,1H3. The average Bonchev–Trinajstić information content (AvgIpc) is 2.48. The van der Waals surface area contributed by atoms with Crippen molar-refractivity contribution in [2.45, 2.75) is 38.4 Å². The van der Waals surface area contributed by atoms with Crippen LogP contribution in [0.5, 0.6) is 0 Å². The molecule has 0 aromatic heterocycles. The second-order valence-electron chi connectivity index (χ2n) is 5.75. The van der Waals surface area contributed by atoms with Crippen LogP contribution in [0.2, 0.25) is 0 Å². The number of likely N-dealkylation sites (tertiary alicyclic amines) is 1. The summed E-state index contributed by atoms with van der Waals surface area (Å²) in [5.74, 6) is 0.561. The van der Waals surface area contributed by atoms with Crippen LogP contribution in [0.1, 0.15) is 43.4 Å². The van der Waals surface area contributed by atoms with Gasteiger partial charge < -0.3 is 5.73 Å². The predicted octanol–water partition coefficient (Wildman–Crippen LogP) is 3.83. The van der Waals surface area contributed by atoms with E-state index in [0.29, 0.717) is 11.5 Å². The summed E-state index contributed by atoms with van der Waals surface area (Å²) in [5.41, 5.74) is 5.58. The van der Waals surface area contributed by atoms with Gasteiger partial charge in [-0.25, -0.2) is 0 Å². The molecule has 1 aliphatic heterocycles. The van der Waals surface area contributed by atoms with Crippen molar-refractivity contribution in [1.29, 1.82) is 0 Å². The molecule has 1 heterocycles. The minimum atomic E-state index is -4.33. The minimum Gasteiger partial charge on any atom is -0.329 e. The van der Waals surface area contributed by atoms with E-state index in [9.17, 15) is 13.2 Å². The third kappa shape index (κ3) is 3.77. The molecule has 2 atom stereocenters. The van der Waals surface area contributed by atoms with Crippen molar-refractivity contribution in [1.82, 2.24) is 4.90 Å². The van der Waals surface area contributed by atoms with E-state index in [1.54, 1.807) is 12.1 Å². The average molecular weight is 300 g/mol. The molecule has 0 radical (unpaired) electrons. The number of benzene rings is 1. The second kappa shape index (κ2) is 6.79. The fourth-order valence-electron chi connectivity index (χ4n) is 3.23. The van der Waals surface area contributed by atoms with Gasteiger partial charge in [0.2, 0.25) is 0 Å².